The molecular formula is C11H6F3N3O4. The SMILES string of the molecule is O=C(O)c1ccc([N+](=O)[O-])cc1-n1ccc(C(F)(F)F)n1. The summed E-state index contributed by atoms with van der Waals surface area (Å²) in [6, 6.07) is 3.37. The maximum atomic E-state index is 12.5. The molecule has 2 aromatic rings. The van der Waals surface area contributed by atoms with Crippen molar-refractivity contribution in [2.24, 2.45) is 0 Å². The Balaban J connectivity index is 2.60. The van der Waals surface area contributed by atoms with Crippen molar-refractivity contribution in [3.8, 4) is 5.69 Å². The van der Waals surface area contributed by atoms with Crippen molar-refractivity contribution < 1.29 is 28.0 Å². The summed E-state index contributed by atoms with van der Waals surface area (Å²) in [4.78, 5) is 20.9. The summed E-state index contributed by atoms with van der Waals surface area (Å²) in [5.74, 6) is -1.44. The van der Waals surface area contributed by atoms with Gasteiger partial charge in [0.2, 0.25) is 0 Å². The van der Waals surface area contributed by atoms with Crippen LogP contribution in [0.4, 0.5) is 18.9 Å². The molecule has 0 spiro atoms. The molecule has 1 N–H and O–H groups in total. The minimum atomic E-state index is -4.70. The number of carboxylic acids is 1. The Bertz CT molecular complexity index is 724. The molecule has 7 nitrogen and oxygen atoms in total. The number of rotatable bonds is 3. The van der Waals surface area contributed by atoms with Gasteiger partial charge in [-0.3, -0.25) is 10.1 Å². The molecule has 0 aliphatic heterocycles. The lowest BCUT2D eigenvalue weighted by molar-refractivity contribution is -0.384. The maximum absolute atomic E-state index is 12.5. The molecule has 0 radical (unpaired) electrons. The van der Waals surface area contributed by atoms with Gasteiger partial charge in [-0.25, -0.2) is 9.48 Å². The fourth-order valence-corrected chi connectivity index (χ4v) is 1.61. The van der Waals surface area contributed by atoms with E-state index < -0.39 is 34.0 Å². The summed E-state index contributed by atoms with van der Waals surface area (Å²) in [7, 11) is 0. The van der Waals surface area contributed by atoms with Gasteiger partial charge in [-0.05, 0) is 12.1 Å². The average molecular weight is 301 g/mol. The number of alkyl halides is 3. The fraction of sp³-hybridized carbons (Fsp3) is 0.0909. The van der Waals surface area contributed by atoms with Gasteiger partial charge in [0.05, 0.1) is 16.2 Å². The van der Waals surface area contributed by atoms with Crippen LogP contribution in [-0.2, 0) is 6.18 Å². The van der Waals surface area contributed by atoms with Crippen molar-refractivity contribution in [2.45, 2.75) is 6.18 Å². The molecule has 10 heteroatoms. The molecule has 0 aliphatic rings. The lowest BCUT2D eigenvalue weighted by Crippen LogP contribution is -2.10. The van der Waals surface area contributed by atoms with Gasteiger partial charge in [0, 0.05) is 18.3 Å². The number of carbonyl (C=O) groups is 1. The van der Waals surface area contributed by atoms with E-state index in [2.05, 4.69) is 5.10 Å². The third kappa shape index (κ3) is 2.83. The molecule has 0 unspecified atom stereocenters. The van der Waals surface area contributed by atoms with E-state index >= 15 is 0 Å². The van der Waals surface area contributed by atoms with Crippen LogP contribution in [0.5, 0.6) is 0 Å². The Morgan fingerprint density at radius 3 is 2.48 bits per heavy atom. The van der Waals surface area contributed by atoms with E-state index in [9.17, 15) is 28.1 Å². The number of carboxylic acid groups (broad SMARTS) is 1. The van der Waals surface area contributed by atoms with Crippen LogP contribution in [0.1, 0.15) is 16.1 Å². The highest BCUT2D eigenvalue weighted by Gasteiger charge is 2.34. The molecule has 1 aromatic heterocycles. The lowest BCUT2D eigenvalue weighted by atomic mass is 10.1. The first-order chi connectivity index (χ1) is 9.70. The number of nitrogens with zero attached hydrogens (tertiary/aromatic N) is 3. The van der Waals surface area contributed by atoms with E-state index in [4.69, 9.17) is 5.11 Å². The van der Waals surface area contributed by atoms with Crippen LogP contribution in [0.15, 0.2) is 30.5 Å². The predicted molar refractivity (Wildman–Crippen MR) is 62.2 cm³/mol. The Morgan fingerprint density at radius 1 is 1.33 bits per heavy atom. The Hall–Kier alpha value is -2.91. The minimum absolute atomic E-state index is 0.327. The highest BCUT2D eigenvalue weighted by Crippen LogP contribution is 2.29. The lowest BCUT2D eigenvalue weighted by Gasteiger charge is -2.06. The van der Waals surface area contributed by atoms with Crippen molar-refractivity contribution in [1.29, 1.82) is 0 Å². The summed E-state index contributed by atoms with van der Waals surface area (Å²) >= 11 is 0. The second-order valence-electron chi connectivity index (χ2n) is 3.91. The molecule has 0 bridgehead atoms. The van der Waals surface area contributed by atoms with E-state index in [-0.39, 0.29) is 5.69 Å². The Kier molecular flexibility index (Phi) is 3.37. The quantitative estimate of drug-likeness (QED) is 0.693. The second-order valence-corrected chi connectivity index (χ2v) is 3.91. The van der Waals surface area contributed by atoms with Gasteiger partial charge in [-0.2, -0.15) is 18.3 Å². The topological polar surface area (TPSA) is 98.3 Å². The van der Waals surface area contributed by atoms with E-state index in [1.807, 2.05) is 0 Å². The molecule has 1 heterocycles. The van der Waals surface area contributed by atoms with E-state index in [0.717, 1.165) is 24.4 Å². The number of hydrogen-bond acceptors (Lipinski definition) is 4. The summed E-state index contributed by atoms with van der Waals surface area (Å²) in [5.41, 5.74) is -2.42. The summed E-state index contributed by atoms with van der Waals surface area (Å²) < 4.78 is 38.1. The summed E-state index contributed by atoms with van der Waals surface area (Å²) in [6.07, 6.45) is -3.82. The molecule has 21 heavy (non-hydrogen) atoms. The highest BCUT2D eigenvalue weighted by atomic mass is 19.4. The molecule has 0 saturated carbocycles. The zero-order valence-corrected chi connectivity index (χ0v) is 10.0. The summed E-state index contributed by atoms with van der Waals surface area (Å²) in [5, 5.41) is 22.9. The number of benzene rings is 1. The van der Waals surface area contributed by atoms with Crippen LogP contribution in [0.2, 0.25) is 0 Å². The van der Waals surface area contributed by atoms with Crippen LogP contribution in [0, 0.1) is 10.1 Å². The fourth-order valence-electron chi connectivity index (χ4n) is 1.61. The monoisotopic (exact) mass is 301 g/mol. The van der Waals surface area contributed by atoms with Gasteiger partial charge >= 0.3 is 12.1 Å². The molecule has 0 atom stereocenters. The van der Waals surface area contributed by atoms with Crippen molar-refractivity contribution in [1.82, 2.24) is 9.78 Å². The zero-order chi connectivity index (χ0) is 15.8. The predicted octanol–water partition coefficient (Wildman–Crippen LogP) is 2.50. The third-order valence-electron chi connectivity index (χ3n) is 2.55. The van der Waals surface area contributed by atoms with Crippen molar-refractivity contribution in [3.05, 3.63) is 51.8 Å². The molecule has 0 fully saturated rings. The van der Waals surface area contributed by atoms with Crippen LogP contribution in [0.25, 0.3) is 5.69 Å². The molecule has 2 rings (SSSR count). The first kappa shape index (κ1) is 14.5. The van der Waals surface area contributed by atoms with Gasteiger partial charge in [0.15, 0.2) is 5.69 Å². The first-order valence-electron chi connectivity index (χ1n) is 5.35. The highest BCUT2D eigenvalue weighted by molar-refractivity contribution is 5.92. The number of nitro benzene ring substituents is 1. The summed E-state index contributed by atoms with van der Waals surface area (Å²) in [6.45, 7) is 0. The first-order valence-corrected chi connectivity index (χ1v) is 5.35. The number of non-ortho nitro benzene ring substituents is 1. The normalized spacial score (nSPS) is 11.4. The van der Waals surface area contributed by atoms with Crippen molar-refractivity contribution in [3.63, 3.8) is 0 Å². The number of halogens is 3. The molecule has 0 aliphatic carbocycles. The molecule has 110 valence electrons. The smallest absolute Gasteiger partial charge is 0.435 e. The number of hydrogen-bond donors (Lipinski definition) is 1. The number of nitro groups is 1. The minimum Gasteiger partial charge on any atom is -0.478 e. The zero-order valence-electron chi connectivity index (χ0n) is 10.0. The number of aromatic nitrogens is 2. The van der Waals surface area contributed by atoms with Crippen molar-refractivity contribution in [2.75, 3.05) is 0 Å². The van der Waals surface area contributed by atoms with E-state index in [1.165, 1.54) is 0 Å². The average Bonchev–Trinajstić information content (AvgIpc) is 2.87. The van der Waals surface area contributed by atoms with Crippen LogP contribution >= 0.6 is 0 Å². The van der Waals surface area contributed by atoms with Crippen LogP contribution in [0.3, 0.4) is 0 Å². The molecule has 0 saturated heterocycles. The van der Waals surface area contributed by atoms with Crippen molar-refractivity contribution >= 4 is 11.7 Å². The van der Waals surface area contributed by atoms with E-state index in [1.54, 1.807) is 0 Å². The van der Waals surface area contributed by atoms with Gasteiger partial charge in [-0.15, -0.1) is 0 Å². The van der Waals surface area contributed by atoms with Gasteiger partial charge in [0.25, 0.3) is 5.69 Å². The van der Waals surface area contributed by atoms with E-state index in [0.29, 0.717) is 10.7 Å². The largest absolute Gasteiger partial charge is 0.478 e. The number of aromatic carboxylic acids is 1. The maximum Gasteiger partial charge on any atom is 0.435 e. The van der Waals surface area contributed by atoms with Crippen LogP contribution < -0.4 is 0 Å². The van der Waals surface area contributed by atoms with Crippen LogP contribution in [-0.4, -0.2) is 25.8 Å². The molecule has 0 amide bonds. The molecule has 1 aromatic carbocycles. The van der Waals surface area contributed by atoms with Gasteiger partial charge < -0.3 is 5.11 Å². The second kappa shape index (κ2) is 4.89. The van der Waals surface area contributed by atoms with Gasteiger partial charge in [0.1, 0.15) is 0 Å². The molecular weight excluding hydrogens is 295 g/mol. The Morgan fingerprint density at radius 2 is 2.00 bits per heavy atom. The Labute approximate surface area is 114 Å². The van der Waals surface area contributed by atoms with Gasteiger partial charge in [-0.1, -0.05) is 0 Å². The standard InChI is InChI=1S/C11H6F3N3O4/c12-11(13,14)9-3-4-16(15-9)8-5-6(17(20)21)1-2-7(8)10(18)19/h1-5H,(H,18,19). The third-order valence-corrected chi connectivity index (χ3v) is 2.55.